The van der Waals surface area contributed by atoms with Crippen LogP contribution in [0.4, 0.5) is 22.7 Å². The van der Waals surface area contributed by atoms with Crippen LogP contribution in [0.25, 0.3) is 0 Å². The molecule has 2 aromatic carbocycles. The van der Waals surface area contributed by atoms with Gasteiger partial charge in [0.05, 0.1) is 0 Å². The first-order chi connectivity index (χ1) is 13.6. The summed E-state index contributed by atoms with van der Waals surface area (Å²) >= 11 is 0. The minimum absolute atomic E-state index is 0.0203. The van der Waals surface area contributed by atoms with Gasteiger partial charge in [-0.3, -0.25) is 9.59 Å². The second-order valence-electron chi connectivity index (χ2n) is 7.08. The minimum Gasteiger partial charge on any atom is -0.385 e. The predicted molar refractivity (Wildman–Crippen MR) is 115 cm³/mol. The first-order valence-corrected chi connectivity index (χ1v) is 9.86. The average Bonchev–Trinajstić information content (AvgIpc) is 2.70. The molecule has 148 valence electrons. The van der Waals surface area contributed by atoms with Crippen molar-refractivity contribution in [2.24, 2.45) is 0 Å². The largest absolute Gasteiger partial charge is 0.385 e. The number of hydrogen-bond acceptors (Lipinski definition) is 4. The molecule has 3 rings (SSSR count). The van der Waals surface area contributed by atoms with Gasteiger partial charge in [-0.1, -0.05) is 0 Å². The van der Waals surface area contributed by atoms with Crippen LogP contribution in [0.1, 0.15) is 32.6 Å². The zero-order valence-electron chi connectivity index (χ0n) is 16.3. The van der Waals surface area contributed by atoms with Crippen LogP contribution in [-0.4, -0.2) is 31.4 Å². The van der Waals surface area contributed by atoms with E-state index in [1.807, 2.05) is 36.4 Å². The van der Waals surface area contributed by atoms with Gasteiger partial charge >= 0.3 is 0 Å². The van der Waals surface area contributed by atoms with Crippen LogP contribution in [0, 0.1) is 0 Å². The smallest absolute Gasteiger partial charge is 0.226 e. The Hall–Kier alpha value is -3.02. The molecular formula is C22H28N4O2. The van der Waals surface area contributed by atoms with Crippen molar-refractivity contribution < 1.29 is 9.59 Å². The molecular weight excluding hydrogens is 352 g/mol. The Morgan fingerprint density at radius 1 is 0.821 bits per heavy atom. The molecule has 0 aliphatic carbocycles. The van der Waals surface area contributed by atoms with Crippen molar-refractivity contribution in [2.45, 2.75) is 32.6 Å². The summed E-state index contributed by atoms with van der Waals surface area (Å²) in [6.45, 7) is 4.25. The third-order valence-electron chi connectivity index (χ3n) is 4.76. The molecule has 2 aromatic rings. The fraction of sp³-hybridized carbons (Fsp3) is 0.364. The lowest BCUT2D eigenvalue weighted by Crippen LogP contribution is -2.29. The SMILES string of the molecule is CC(=O)Nc1ccc(NCCC(=O)Nc2ccc(N3CCCCC3)cc2)cc1. The van der Waals surface area contributed by atoms with E-state index in [-0.39, 0.29) is 11.8 Å². The maximum atomic E-state index is 12.2. The number of nitrogens with one attached hydrogen (secondary N) is 3. The van der Waals surface area contributed by atoms with E-state index in [0.717, 1.165) is 30.2 Å². The van der Waals surface area contributed by atoms with Crippen LogP contribution in [-0.2, 0) is 9.59 Å². The number of carbonyl (C=O) groups excluding carboxylic acids is 2. The molecule has 0 unspecified atom stereocenters. The molecule has 1 fully saturated rings. The van der Waals surface area contributed by atoms with E-state index < -0.39 is 0 Å². The molecule has 2 amide bonds. The van der Waals surface area contributed by atoms with Crippen molar-refractivity contribution in [3.8, 4) is 0 Å². The molecule has 6 heteroatoms. The lowest BCUT2D eigenvalue weighted by Gasteiger charge is -2.28. The Bertz CT molecular complexity index is 781. The van der Waals surface area contributed by atoms with Gasteiger partial charge in [0.2, 0.25) is 11.8 Å². The Balaban J connectivity index is 1.41. The first kappa shape index (κ1) is 19.7. The van der Waals surface area contributed by atoms with E-state index in [1.165, 1.54) is 31.9 Å². The number of benzene rings is 2. The number of nitrogens with zero attached hydrogens (tertiary/aromatic N) is 1. The van der Waals surface area contributed by atoms with Crippen LogP contribution >= 0.6 is 0 Å². The van der Waals surface area contributed by atoms with Crippen molar-refractivity contribution in [1.29, 1.82) is 0 Å². The quantitative estimate of drug-likeness (QED) is 0.677. The van der Waals surface area contributed by atoms with Gasteiger partial charge in [0.1, 0.15) is 0 Å². The van der Waals surface area contributed by atoms with E-state index in [9.17, 15) is 9.59 Å². The Kier molecular flexibility index (Phi) is 6.89. The van der Waals surface area contributed by atoms with E-state index in [4.69, 9.17) is 0 Å². The fourth-order valence-electron chi connectivity index (χ4n) is 3.33. The van der Waals surface area contributed by atoms with Crippen LogP contribution in [0.15, 0.2) is 48.5 Å². The first-order valence-electron chi connectivity index (χ1n) is 9.86. The van der Waals surface area contributed by atoms with E-state index >= 15 is 0 Å². The van der Waals surface area contributed by atoms with E-state index in [0.29, 0.717) is 13.0 Å². The monoisotopic (exact) mass is 380 g/mol. The van der Waals surface area contributed by atoms with Crippen LogP contribution in [0.3, 0.4) is 0 Å². The van der Waals surface area contributed by atoms with E-state index in [2.05, 4.69) is 33.0 Å². The summed E-state index contributed by atoms with van der Waals surface area (Å²) in [5, 5.41) is 8.88. The molecule has 1 saturated heterocycles. The zero-order chi connectivity index (χ0) is 19.8. The number of rotatable bonds is 7. The summed E-state index contributed by atoms with van der Waals surface area (Å²) in [6.07, 6.45) is 4.20. The molecule has 0 aromatic heterocycles. The van der Waals surface area contributed by atoms with Crippen molar-refractivity contribution in [2.75, 3.05) is 40.5 Å². The molecule has 1 aliphatic rings. The second kappa shape index (κ2) is 9.78. The molecule has 0 saturated carbocycles. The summed E-state index contributed by atoms with van der Waals surface area (Å²) < 4.78 is 0. The van der Waals surface area contributed by atoms with Gasteiger partial charge in [-0.05, 0) is 67.8 Å². The molecule has 0 spiro atoms. The summed E-state index contributed by atoms with van der Waals surface area (Å²) in [7, 11) is 0. The standard InChI is InChI=1S/C22H28N4O2/c1-17(27)24-19-7-5-18(6-8-19)23-14-13-22(28)25-20-9-11-21(12-10-20)26-15-3-2-4-16-26/h5-12,23H,2-4,13-16H2,1H3,(H,24,27)(H,25,28). The van der Waals surface area contributed by atoms with Crippen LogP contribution < -0.4 is 20.9 Å². The van der Waals surface area contributed by atoms with Gasteiger partial charge in [-0.15, -0.1) is 0 Å². The van der Waals surface area contributed by atoms with Gasteiger partial charge in [-0.2, -0.15) is 0 Å². The summed E-state index contributed by atoms with van der Waals surface area (Å²) in [5.74, 6) is -0.116. The van der Waals surface area contributed by atoms with Crippen molar-refractivity contribution in [1.82, 2.24) is 0 Å². The van der Waals surface area contributed by atoms with Gasteiger partial charge in [0.15, 0.2) is 0 Å². The minimum atomic E-state index is -0.0960. The highest BCUT2D eigenvalue weighted by Crippen LogP contribution is 2.22. The van der Waals surface area contributed by atoms with Gasteiger partial charge in [0, 0.05) is 55.7 Å². The van der Waals surface area contributed by atoms with E-state index in [1.54, 1.807) is 0 Å². The molecule has 1 heterocycles. The molecule has 0 atom stereocenters. The highest BCUT2D eigenvalue weighted by Gasteiger charge is 2.11. The van der Waals surface area contributed by atoms with Crippen molar-refractivity contribution in [3.05, 3.63) is 48.5 Å². The average molecular weight is 380 g/mol. The molecule has 28 heavy (non-hydrogen) atoms. The highest BCUT2D eigenvalue weighted by atomic mass is 16.2. The maximum Gasteiger partial charge on any atom is 0.226 e. The number of piperidine rings is 1. The maximum absolute atomic E-state index is 12.2. The van der Waals surface area contributed by atoms with Crippen molar-refractivity contribution >= 4 is 34.6 Å². The second-order valence-corrected chi connectivity index (χ2v) is 7.08. The molecule has 6 nitrogen and oxygen atoms in total. The van der Waals surface area contributed by atoms with Gasteiger partial charge in [0.25, 0.3) is 0 Å². The summed E-state index contributed by atoms with van der Waals surface area (Å²) in [4.78, 5) is 25.6. The van der Waals surface area contributed by atoms with Crippen LogP contribution in [0.5, 0.6) is 0 Å². The third-order valence-corrected chi connectivity index (χ3v) is 4.76. The van der Waals surface area contributed by atoms with Gasteiger partial charge in [-0.25, -0.2) is 0 Å². The topological polar surface area (TPSA) is 73.5 Å². The molecule has 0 radical (unpaired) electrons. The third kappa shape index (κ3) is 6.01. The Morgan fingerprint density at radius 3 is 2.04 bits per heavy atom. The number of amides is 2. The number of anilines is 4. The Morgan fingerprint density at radius 2 is 1.39 bits per heavy atom. The van der Waals surface area contributed by atoms with Crippen LogP contribution in [0.2, 0.25) is 0 Å². The normalized spacial score (nSPS) is 13.7. The number of hydrogen-bond donors (Lipinski definition) is 3. The lowest BCUT2D eigenvalue weighted by atomic mass is 10.1. The summed E-state index contributed by atoms with van der Waals surface area (Å²) in [5.41, 5.74) is 3.71. The fourth-order valence-corrected chi connectivity index (χ4v) is 3.33. The van der Waals surface area contributed by atoms with Crippen molar-refractivity contribution in [3.63, 3.8) is 0 Å². The highest BCUT2D eigenvalue weighted by molar-refractivity contribution is 5.91. The molecule has 0 bridgehead atoms. The number of carbonyl (C=O) groups is 2. The zero-order valence-corrected chi connectivity index (χ0v) is 16.3. The van der Waals surface area contributed by atoms with Gasteiger partial charge < -0.3 is 20.9 Å². The molecule has 3 N–H and O–H groups in total. The summed E-state index contributed by atoms with van der Waals surface area (Å²) in [6, 6.07) is 15.5. The predicted octanol–water partition coefficient (Wildman–Crippen LogP) is 4.08. The lowest BCUT2D eigenvalue weighted by molar-refractivity contribution is -0.116. The molecule has 1 aliphatic heterocycles. The Labute approximate surface area is 166 Å².